The van der Waals surface area contributed by atoms with Crippen LogP contribution >= 0.6 is 23.1 Å². The highest BCUT2D eigenvalue weighted by Gasteiger charge is 2.09. The topological polar surface area (TPSA) is 54.9 Å². The number of hydrogen-bond donors (Lipinski definition) is 1. The Labute approximate surface area is 155 Å². The molecule has 1 heterocycles. The molecule has 3 aromatic rings. The molecule has 0 spiro atoms. The van der Waals surface area contributed by atoms with Gasteiger partial charge in [-0.15, -0.1) is 10.2 Å². The summed E-state index contributed by atoms with van der Waals surface area (Å²) in [6, 6.07) is 16.1. The standard InChI is InChI=1S/C19H19N3OS2/c1-13-3-7-15(8-4-13)12-24-19-22-21-18(25-19)20-11-17(23)16-9-5-14(2)6-10-16/h3-10H,11-12H2,1-2H3,(H,20,21). The average molecular weight is 370 g/mol. The van der Waals surface area contributed by atoms with Gasteiger partial charge in [0.15, 0.2) is 10.1 Å². The largest absolute Gasteiger partial charge is 0.353 e. The molecule has 3 rings (SSSR count). The molecule has 1 N–H and O–H groups in total. The number of nitrogens with zero attached hydrogens (tertiary/aromatic N) is 2. The van der Waals surface area contributed by atoms with E-state index in [0.29, 0.717) is 10.7 Å². The van der Waals surface area contributed by atoms with Crippen LogP contribution in [0.3, 0.4) is 0 Å². The molecule has 2 aromatic carbocycles. The van der Waals surface area contributed by atoms with Crippen molar-refractivity contribution < 1.29 is 4.79 Å². The Morgan fingerprint density at radius 2 is 1.64 bits per heavy atom. The van der Waals surface area contributed by atoms with Crippen LogP contribution in [-0.4, -0.2) is 22.5 Å². The van der Waals surface area contributed by atoms with Crippen molar-refractivity contribution in [1.82, 2.24) is 10.2 Å². The first-order chi connectivity index (χ1) is 12.1. The lowest BCUT2D eigenvalue weighted by Crippen LogP contribution is -2.13. The highest BCUT2D eigenvalue weighted by Crippen LogP contribution is 2.28. The number of carbonyl (C=O) groups is 1. The van der Waals surface area contributed by atoms with Crippen molar-refractivity contribution in [3.8, 4) is 0 Å². The van der Waals surface area contributed by atoms with Crippen molar-refractivity contribution in [2.45, 2.75) is 23.9 Å². The summed E-state index contributed by atoms with van der Waals surface area (Å²) >= 11 is 3.12. The highest BCUT2D eigenvalue weighted by atomic mass is 32.2. The molecular weight excluding hydrogens is 350 g/mol. The van der Waals surface area contributed by atoms with Crippen LogP contribution in [0.25, 0.3) is 0 Å². The molecule has 6 heteroatoms. The Morgan fingerprint density at radius 3 is 2.32 bits per heavy atom. The maximum atomic E-state index is 12.2. The van der Waals surface area contributed by atoms with E-state index in [0.717, 1.165) is 15.7 Å². The normalized spacial score (nSPS) is 10.6. The molecule has 1 aromatic heterocycles. The first-order valence-corrected chi connectivity index (χ1v) is 9.76. The number of benzene rings is 2. The van der Waals surface area contributed by atoms with E-state index in [9.17, 15) is 4.79 Å². The fourth-order valence-electron chi connectivity index (χ4n) is 2.17. The number of carbonyl (C=O) groups excluding carboxylic acids is 1. The molecular formula is C19H19N3OS2. The molecule has 128 valence electrons. The quantitative estimate of drug-likeness (QED) is 0.481. The lowest BCUT2D eigenvalue weighted by atomic mass is 10.1. The Morgan fingerprint density at radius 1 is 1.00 bits per heavy atom. The molecule has 0 saturated carbocycles. The molecule has 0 unspecified atom stereocenters. The fraction of sp³-hybridized carbons (Fsp3) is 0.211. The van der Waals surface area contributed by atoms with Crippen molar-refractivity contribution in [2.75, 3.05) is 11.9 Å². The van der Waals surface area contributed by atoms with E-state index in [1.54, 1.807) is 11.8 Å². The minimum atomic E-state index is 0.0454. The SMILES string of the molecule is Cc1ccc(CSc2nnc(NCC(=O)c3ccc(C)cc3)s2)cc1. The number of anilines is 1. The summed E-state index contributed by atoms with van der Waals surface area (Å²) in [5.74, 6) is 0.904. The van der Waals surface area contributed by atoms with Crippen molar-refractivity contribution >= 4 is 34.0 Å². The molecule has 4 nitrogen and oxygen atoms in total. The van der Waals surface area contributed by atoms with Crippen molar-refractivity contribution in [2.24, 2.45) is 0 Å². The highest BCUT2D eigenvalue weighted by molar-refractivity contribution is 8.00. The van der Waals surface area contributed by atoms with E-state index in [-0.39, 0.29) is 12.3 Å². The predicted octanol–water partition coefficient (Wildman–Crippen LogP) is 4.74. The van der Waals surface area contributed by atoms with Gasteiger partial charge in [-0.25, -0.2) is 0 Å². The molecule has 0 atom stereocenters. The zero-order valence-corrected chi connectivity index (χ0v) is 15.8. The van der Waals surface area contributed by atoms with Crippen LogP contribution in [0.15, 0.2) is 52.9 Å². The van der Waals surface area contributed by atoms with Gasteiger partial charge in [0.25, 0.3) is 0 Å². The van der Waals surface area contributed by atoms with Crippen molar-refractivity contribution in [3.05, 3.63) is 70.8 Å². The lowest BCUT2D eigenvalue weighted by molar-refractivity contribution is 0.101. The maximum absolute atomic E-state index is 12.2. The first kappa shape index (κ1) is 17.6. The van der Waals surface area contributed by atoms with Crippen molar-refractivity contribution in [3.63, 3.8) is 0 Å². The second-order valence-corrected chi connectivity index (χ2v) is 7.99. The molecule has 0 aliphatic rings. The Bertz CT molecular complexity index is 842. The van der Waals surface area contributed by atoms with Gasteiger partial charge in [0.2, 0.25) is 5.13 Å². The van der Waals surface area contributed by atoms with E-state index in [4.69, 9.17) is 0 Å². The predicted molar refractivity (Wildman–Crippen MR) is 105 cm³/mol. The lowest BCUT2D eigenvalue weighted by Gasteiger charge is -2.02. The van der Waals surface area contributed by atoms with Gasteiger partial charge in [0.1, 0.15) is 0 Å². The van der Waals surface area contributed by atoms with E-state index in [1.807, 2.05) is 31.2 Å². The average Bonchev–Trinajstić information content (AvgIpc) is 3.08. The third-order valence-electron chi connectivity index (χ3n) is 3.66. The van der Waals surface area contributed by atoms with Gasteiger partial charge >= 0.3 is 0 Å². The van der Waals surface area contributed by atoms with E-state index in [2.05, 4.69) is 46.7 Å². The first-order valence-electron chi connectivity index (χ1n) is 7.96. The summed E-state index contributed by atoms with van der Waals surface area (Å²) in [5, 5.41) is 12.0. The van der Waals surface area contributed by atoms with Gasteiger partial charge in [-0.2, -0.15) is 0 Å². The van der Waals surface area contributed by atoms with Gasteiger partial charge in [-0.3, -0.25) is 4.79 Å². The smallest absolute Gasteiger partial charge is 0.206 e. The molecule has 0 saturated heterocycles. The van der Waals surface area contributed by atoms with Gasteiger partial charge < -0.3 is 5.32 Å². The number of thioether (sulfide) groups is 1. The third kappa shape index (κ3) is 5.14. The molecule has 0 bridgehead atoms. The van der Waals surface area contributed by atoms with Crippen LogP contribution in [0.1, 0.15) is 27.0 Å². The van der Waals surface area contributed by atoms with E-state index < -0.39 is 0 Å². The van der Waals surface area contributed by atoms with Crippen LogP contribution in [0.5, 0.6) is 0 Å². The number of aryl methyl sites for hydroxylation is 2. The van der Waals surface area contributed by atoms with E-state index in [1.165, 1.54) is 22.5 Å². The van der Waals surface area contributed by atoms with Gasteiger partial charge in [0.05, 0.1) is 6.54 Å². The summed E-state index contributed by atoms with van der Waals surface area (Å²) < 4.78 is 0.894. The molecule has 0 fully saturated rings. The number of ketones is 1. The molecule has 0 aliphatic carbocycles. The zero-order valence-electron chi connectivity index (χ0n) is 14.2. The van der Waals surface area contributed by atoms with Crippen molar-refractivity contribution in [1.29, 1.82) is 0 Å². The summed E-state index contributed by atoms with van der Waals surface area (Å²) in [7, 11) is 0. The Hall–Kier alpha value is -2.18. The van der Waals surface area contributed by atoms with Crippen LogP contribution in [-0.2, 0) is 5.75 Å². The summed E-state index contributed by atoms with van der Waals surface area (Å²) in [6.45, 7) is 4.31. The van der Waals surface area contributed by atoms with Gasteiger partial charge in [0, 0.05) is 11.3 Å². The minimum absolute atomic E-state index is 0.0454. The molecule has 0 radical (unpaired) electrons. The van der Waals surface area contributed by atoms with Crippen LogP contribution < -0.4 is 5.32 Å². The fourth-order valence-corrected chi connectivity index (χ4v) is 3.87. The molecule has 0 amide bonds. The second kappa shape index (κ2) is 8.27. The summed E-state index contributed by atoms with van der Waals surface area (Å²) in [5.41, 5.74) is 4.37. The second-order valence-electron chi connectivity index (χ2n) is 5.79. The van der Waals surface area contributed by atoms with E-state index >= 15 is 0 Å². The number of aromatic nitrogens is 2. The summed E-state index contributed by atoms with van der Waals surface area (Å²) in [6.07, 6.45) is 0. The van der Waals surface area contributed by atoms with Gasteiger partial charge in [-0.05, 0) is 19.4 Å². The van der Waals surface area contributed by atoms with Crippen LogP contribution in [0, 0.1) is 13.8 Å². The summed E-state index contributed by atoms with van der Waals surface area (Å²) in [4.78, 5) is 12.2. The Balaban J connectivity index is 1.50. The number of rotatable bonds is 7. The van der Waals surface area contributed by atoms with Crippen LogP contribution in [0.4, 0.5) is 5.13 Å². The number of Topliss-reactive ketones (excluding diaryl/α,β-unsaturated/α-hetero) is 1. The monoisotopic (exact) mass is 369 g/mol. The Kier molecular flexibility index (Phi) is 5.83. The molecule has 0 aliphatic heterocycles. The minimum Gasteiger partial charge on any atom is -0.353 e. The zero-order chi connectivity index (χ0) is 17.6. The number of nitrogens with one attached hydrogen (secondary N) is 1. The third-order valence-corrected chi connectivity index (χ3v) is 5.75. The number of hydrogen-bond acceptors (Lipinski definition) is 6. The maximum Gasteiger partial charge on any atom is 0.206 e. The van der Waals surface area contributed by atoms with Gasteiger partial charge in [-0.1, -0.05) is 82.8 Å². The van der Waals surface area contributed by atoms with Crippen LogP contribution in [0.2, 0.25) is 0 Å². The molecule has 25 heavy (non-hydrogen) atoms.